The SMILES string of the molecule is COC(=O)c1cc(N)cnc1C(=O)OC. The minimum atomic E-state index is -0.713. The number of anilines is 1. The molecule has 1 heterocycles. The Balaban J connectivity index is 3.26. The largest absolute Gasteiger partial charge is 0.465 e. The first-order valence-electron chi connectivity index (χ1n) is 4.02. The number of esters is 2. The Morgan fingerprint density at radius 2 is 1.87 bits per heavy atom. The molecule has 0 saturated heterocycles. The fourth-order valence-corrected chi connectivity index (χ4v) is 1.01. The molecule has 15 heavy (non-hydrogen) atoms. The number of hydrogen-bond acceptors (Lipinski definition) is 6. The van der Waals surface area contributed by atoms with Gasteiger partial charge in [-0.15, -0.1) is 0 Å². The highest BCUT2D eigenvalue weighted by molar-refractivity contribution is 6.02. The van der Waals surface area contributed by atoms with Crippen molar-refractivity contribution in [2.75, 3.05) is 20.0 Å². The van der Waals surface area contributed by atoms with E-state index in [-0.39, 0.29) is 16.9 Å². The van der Waals surface area contributed by atoms with Gasteiger partial charge < -0.3 is 15.2 Å². The third kappa shape index (κ3) is 2.22. The summed E-state index contributed by atoms with van der Waals surface area (Å²) in [6.07, 6.45) is 1.26. The van der Waals surface area contributed by atoms with Crippen molar-refractivity contribution in [1.82, 2.24) is 4.98 Å². The zero-order chi connectivity index (χ0) is 11.4. The van der Waals surface area contributed by atoms with Gasteiger partial charge in [-0.25, -0.2) is 14.6 Å². The second-order valence-electron chi connectivity index (χ2n) is 2.65. The van der Waals surface area contributed by atoms with E-state index in [2.05, 4.69) is 14.5 Å². The summed E-state index contributed by atoms with van der Waals surface area (Å²) >= 11 is 0. The summed E-state index contributed by atoms with van der Waals surface area (Å²) < 4.78 is 8.95. The monoisotopic (exact) mass is 210 g/mol. The molecule has 0 bridgehead atoms. The summed E-state index contributed by atoms with van der Waals surface area (Å²) in [6, 6.07) is 1.31. The van der Waals surface area contributed by atoms with Crippen LogP contribution < -0.4 is 5.73 Å². The number of aromatic nitrogens is 1. The molecule has 0 fully saturated rings. The molecule has 1 aromatic heterocycles. The van der Waals surface area contributed by atoms with Gasteiger partial charge in [0.2, 0.25) is 0 Å². The van der Waals surface area contributed by atoms with Crippen LogP contribution in [0.3, 0.4) is 0 Å². The number of pyridine rings is 1. The lowest BCUT2D eigenvalue weighted by molar-refractivity contribution is 0.0550. The minimum Gasteiger partial charge on any atom is -0.465 e. The highest BCUT2D eigenvalue weighted by Crippen LogP contribution is 2.12. The maximum Gasteiger partial charge on any atom is 0.357 e. The number of nitrogens with two attached hydrogens (primary N) is 1. The summed E-state index contributed by atoms with van der Waals surface area (Å²) in [5.41, 5.74) is 5.58. The van der Waals surface area contributed by atoms with Crippen LogP contribution in [0.4, 0.5) is 5.69 Å². The number of rotatable bonds is 2. The van der Waals surface area contributed by atoms with Crippen molar-refractivity contribution in [2.24, 2.45) is 0 Å². The predicted octanol–water partition coefficient (Wildman–Crippen LogP) is 0.237. The number of methoxy groups -OCH3 is 2. The average molecular weight is 210 g/mol. The Bertz CT molecular complexity index is 403. The molecule has 0 atom stereocenters. The number of hydrogen-bond donors (Lipinski definition) is 1. The second-order valence-corrected chi connectivity index (χ2v) is 2.65. The molecule has 1 aromatic rings. The van der Waals surface area contributed by atoms with Crippen LogP contribution in [0.15, 0.2) is 12.3 Å². The van der Waals surface area contributed by atoms with Crippen molar-refractivity contribution < 1.29 is 19.1 Å². The molecule has 0 aliphatic carbocycles. The summed E-state index contributed by atoms with van der Waals surface area (Å²) in [7, 11) is 2.40. The normalized spacial score (nSPS) is 9.47. The molecule has 0 spiro atoms. The Morgan fingerprint density at radius 1 is 1.27 bits per heavy atom. The maximum absolute atomic E-state index is 11.3. The van der Waals surface area contributed by atoms with Crippen molar-refractivity contribution in [3.63, 3.8) is 0 Å². The molecule has 6 nitrogen and oxygen atoms in total. The summed E-state index contributed by atoms with van der Waals surface area (Å²) in [5.74, 6) is -1.40. The topological polar surface area (TPSA) is 91.5 Å². The molecular formula is C9H10N2O4. The van der Waals surface area contributed by atoms with Crippen molar-refractivity contribution in [2.45, 2.75) is 0 Å². The zero-order valence-corrected chi connectivity index (χ0v) is 8.31. The van der Waals surface area contributed by atoms with Crippen LogP contribution in [0, 0.1) is 0 Å². The van der Waals surface area contributed by atoms with E-state index >= 15 is 0 Å². The molecule has 0 unspecified atom stereocenters. The highest BCUT2D eigenvalue weighted by atomic mass is 16.5. The summed E-state index contributed by atoms with van der Waals surface area (Å²) in [4.78, 5) is 26.2. The first kappa shape index (κ1) is 11.0. The number of nitrogens with zero attached hydrogens (tertiary/aromatic N) is 1. The van der Waals surface area contributed by atoms with E-state index in [1.54, 1.807) is 0 Å². The Morgan fingerprint density at radius 3 is 2.40 bits per heavy atom. The first-order chi connectivity index (χ1) is 7.10. The Kier molecular flexibility index (Phi) is 3.22. The van der Waals surface area contributed by atoms with E-state index < -0.39 is 11.9 Å². The second kappa shape index (κ2) is 4.41. The highest BCUT2D eigenvalue weighted by Gasteiger charge is 2.19. The van der Waals surface area contributed by atoms with Gasteiger partial charge in [0, 0.05) is 0 Å². The quantitative estimate of drug-likeness (QED) is 0.703. The van der Waals surface area contributed by atoms with Gasteiger partial charge in [-0.2, -0.15) is 0 Å². The van der Waals surface area contributed by atoms with E-state index in [1.807, 2.05) is 0 Å². The summed E-state index contributed by atoms with van der Waals surface area (Å²) in [6.45, 7) is 0. The van der Waals surface area contributed by atoms with Crippen LogP contribution in [-0.4, -0.2) is 31.1 Å². The van der Waals surface area contributed by atoms with Gasteiger partial charge in [0.1, 0.15) is 0 Å². The summed E-state index contributed by atoms with van der Waals surface area (Å²) in [5, 5.41) is 0. The fraction of sp³-hybridized carbons (Fsp3) is 0.222. The number of ether oxygens (including phenoxy) is 2. The molecular weight excluding hydrogens is 200 g/mol. The molecule has 2 N–H and O–H groups in total. The molecule has 0 aliphatic rings. The van der Waals surface area contributed by atoms with Crippen LogP contribution in [-0.2, 0) is 9.47 Å². The van der Waals surface area contributed by atoms with Crippen molar-refractivity contribution in [1.29, 1.82) is 0 Å². The van der Waals surface area contributed by atoms with Gasteiger partial charge in [-0.1, -0.05) is 0 Å². The fourth-order valence-electron chi connectivity index (χ4n) is 1.01. The van der Waals surface area contributed by atoms with Crippen molar-refractivity contribution in [3.05, 3.63) is 23.5 Å². The van der Waals surface area contributed by atoms with E-state index in [4.69, 9.17) is 5.73 Å². The maximum atomic E-state index is 11.3. The molecule has 0 amide bonds. The minimum absolute atomic E-state index is 0.00986. The molecule has 0 aromatic carbocycles. The van der Waals surface area contributed by atoms with E-state index in [0.29, 0.717) is 0 Å². The van der Waals surface area contributed by atoms with Crippen molar-refractivity contribution in [3.8, 4) is 0 Å². The molecule has 0 radical (unpaired) electrons. The lowest BCUT2D eigenvalue weighted by atomic mass is 10.2. The van der Waals surface area contributed by atoms with Gasteiger partial charge in [-0.3, -0.25) is 0 Å². The van der Waals surface area contributed by atoms with Crippen molar-refractivity contribution >= 4 is 17.6 Å². The Hall–Kier alpha value is -2.11. The van der Waals surface area contributed by atoms with Gasteiger partial charge in [0.15, 0.2) is 5.69 Å². The van der Waals surface area contributed by atoms with Crippen LogP contribution in [0.5, 0.6) is 0 Å². The van der Waals surface area contributed by atoms with Crippen LogP contribution in [0.2, 0.25) is 0 Å². The van der Waals surface area contributed by atoms with Crippen LogP contribution >= 0.6 is 0 Å². The van der Waals surface area contributed by atoms with Gasteiger partial charge >= 0.3 is 11.9 Å². The lowest BCUT2D eigenvalue weighted by Crippen LogP contribution is -2.14. The third-order valence-corrected chi connectivity index (χ3v) is 1.69. The van der Waals surface area contributed by atoms with E-state index in [9.17, 15) is 9.59 Å². The zero-order valence-electron chi connectivity index (χ0n) is 8.31. The number of carbonyl (C=O) groups is 2. The first-order valence-corrected chi connectivity index (χ1v) is 4.02. The van der Waals surface area contributed by atoms with Gasteiger partial charge in [-0.05, 0) is 6.07 Å². The predicted molar refractivity (Wildman–Crippen MR) is 51.3 cm³/mol. The molecule has 0 saturated carbocycles. The smallest absolute Gasteiger partial charge is 0.357 e. The van der Waals surface area contributed by atoms with E-state index in [1.165, 1.54) is 26.5 Å². The van der Waals surface area contributed by atoms with Gasteiger partial charge in [0.25, 0.3) is 0 Å². The van der Waals surface area contributed by atoms with Crippen LogP contribution in [0.25, 0.3) is 0 Å². The molecule has 1 rings (SSSR count). The number of carbonyl (C=O) groups excluding carboxylic acids is 2. The van der Waals surface area contributed by atoms with Crippen LogP contribution in [0.1, 0.15) is 20.8 Å². The molecule has 6 heteroatoms. The molecule has 0 aliphatic heterocycles. The average Bonchev–Trinajstić information content (AvgIpc) is 2.26. The standard InChI is InChI=1S/C9H10N2O4/c1-14-8(12)6-3-5(10)4-11-7(6)9(13)15-2/h3-4H,10H2,1-2H3. The third-order valence-electron chi connectivity index (χ3n) is 1.69. The number of nitrogen functional groups attached to an aromatic ring is 1. The molecule has 80 valence electrons. The lowest BCUT2D eigenvalue weighted by Gasteiger charge is -2.05. The van der Waals surface area contributed by atoms with Gasteiger partial charge in [0.05, 0.1) is 31.7 Å². The Labute approximate surface area is 86.0 Å². The van der Waals surface area contributed by atoms with E-state index in [0.717, 1.165) is 0 Å².